The lowest BCUT2D eigenvalue weighted by atomic mass is 9.79. The zero-order chi connectivity index (χ0) is 22.1. The summed E-state index contributed by atoms with van der Waals surface area (Å²) in [5.41, 5.74) is 3.65. The quantitative estimate of drug-likeness (QED) is 0.625. The van der Waals surface area contributed by atoms with E-state index in [9.17, 15) is 14.3 Å². The molecule has 1 aliphatic rings. The highest BCUT2D eigenvalue weighted by Crippen LogP contribution is 2.43. The van der Waals surface area contributed by atoms with Crippen LogP contribution < -0.4 is 0 Å². The van der Waals surface area contributed by atoms with Gasteiger partial charge in [0.15, 0.2) is 11.6 Å². The maximum Gasteiger partial charge on any atom is 0.328 e. The van der Waals surface area contributed by atoms with E-state index in [4.69, 9.17) is 9.84 Å². The van der Waals surface area contributed by atoms with Crippen LogP contribution in [0, 0.1) is 5.82 Å². The summed E-state index contributed by atoms with van der Waals surface area (Å²) in [6.07, 6.45) is 4.00. The zero-order valence-corrected chi connectivity index (χ0v) is 17.7. The summed E-state index contributed by atoms with van der Waals surface area (Å²) in [5.74, 6) is -2.06. The normalized spacial score (nSPS) is 17.8. The molecule has 2 aromatic rings. The van der Waals surface area contributed by atoms with Crippen LogP contribution in [0.4, 0.5) is 4.39 Å². The zero-order valence-electron chi connectivity index (χ0n) is 17.7. The Hall–Kier alpha value is -2.92. The summed E-state index contributed by atoms with van der Waals surface area (Å²) in [6.45, 7) is 8.18. The predicted molar refractivity (Wildman–Crippen MR) is 116 cm³/mol. The molecule has 0 bridgehead atoms. The maximum absolute atomic E-state index is 14.2. The van der Waals surface area contributed by atoms with Crippen LogP contribution in [0.3, 0.4) is 0 Å². The van der Waals surface area contributed by atoms with Gasteiger partial charge in [-0.15, -0.1) is 0 Å². The topological polar surface area (TPSA) is 66.8 Å². The lowest BCUT2D eigenvalue weighted by molar-refractivity contribution is -0.138. The first-order chi connectivity index (χ1) is 14.0. The molecule has 4 nitrogen and oxygen atoms in total. The number of carbonyl (C=O) groups is 1. The molecule has 0 aromatic heterocycles. The fourth-order valence-electron chi connectivity index (χ4n) is 4.25. The van der Waals surface area contributed by atoms with Crippen molar-refractivity contribution in [3.63, 3.8) is 0 Å². The second-order valence-electron chi connectivity index (χ2n) is 8.91. The minimum atomic E-state index is -1.01. The van der Waals surface area contributed by atoms with E-state index in [1.807, 2.05) is 52.0 Å². The second-order valence-corrected chi connectivity index (χ2v) is 8.91. The standard InChI is InChI=1S/C25H27FO4/c1-24(2)14-19(15-25(3,4)30-24)23(18-10-11-21(27)20(26)13-18)17-8-5-16(6-9-17)7-12-22(28)29/h5-13,27H,14-15H2,1-4H3,(H,28,29)/b12-7+. The number of carboxylic acids is 1. The monoisotopic (exact) mass is 410 g/mol. The van der Waals surface area contributed by atoms with Crippen LogP contribution in [-0.2, 0) is 9.53 Å². The molecule has 0 unspecified atom stereocenters. The average molecular weight is 410 g/mol. The Kier molecular flexibility index (Phi) is 5.86. The second kappa shape index (κ2) is 8.07. The van der Waals surface area contributed by atoms with Crippen LogP contribution in [-0.4, -0.2) is 27.4 Å². The van der Waals surface area contributed by atoms with Crippen molar-refractivity contribution in [1.82, 2.24) is 0 Å². The maximum atomic E-state index is 14.2. The number of aromatic hydroxyl groups is 1. The SMILES string of the molecule is CC1(C)CC(=C(c2ccc(/C=C/C(=O)O)cc2)c2ccc(O)c(F)c2)CC(C)(C)O1. The summed E-state index contributed by atoms with van der Waals surface area (Å²) >= 11 is 0. The Morgan fingerprint density at radius 2 is 1.57 bits per heavy atom. The first-order valence-electron chi connectivity index (χ1n) is 9.88. The lowest BCUT2D eigenvalue weighted by Gasteiger charge is -2.43. The van der Waals surface area contributed by atoms with Gasteiger partial charge in [-0.2, -0.15) is 0 Å². The summed E-state index contributed by atoms with van der Waals surface area (Å²) < 4.78 is 20.4. The van der Waals surface area contributed by atoms with Crippen molar-refractivity contribution in [2.75, 3.05) is 0 Å². The number of phenols is 1. The number of hydrogen-bond donors (Lipinski definition) is 2. The summed E-state index contributed by atoms with van der Waals surface area (Å²) in [7, 11) is 0. The van der Waals surface area contributed by atoms with E-state index in [1.54, 1.807) is 6.07 Å². The molecule has 2 aromatic carbocycles. The molecule has 2 N–H and O–H groups in total. The van der Waals surface area contributed by atoms with Crippen molar-refractivity contribution in [3.8, 4) is 5.75 Å². The van der Waals surface area contributed by atoms with Crippen molar-refractivity contribution in [2.45, 2.75) is 51.7 Å². The lowest BCUT2D eigenvalue weighted by Crippen LogP contribution is -2.42. The largest absolute Gasteiger partial charge is 0.505 e. The number of hydrogen-bond acceptors (Lipinski definition) is 3. The molecule has 5 heteroatoms. The van der Waals surface area contributed by atoms with E-state index in [0.29, 0.717) is 18.4 Å². The molecular formula is C25H27FO4. The number of phenolic OH excluding ortho intramolecular Hbond substituents is 1. The molecule has 0 saturated carbocycles. The van der Waals surface area contributed by atoms with Crippen molar-refractivity contribution >= 4 is 17.6 Å². The third-order valence-electron chi connectivity index (χ3n) is 5.04. The van der Waals surface area contributed by atoms with Gasteiger partial charge in [-0.3, -0.25) is 0 Å². The van der Waals surface area contributed by atoms with Gasteiger partial charge in [0.25, 0.3) is 0 Å². The van der Waals surface area contributed by atoms with E-state index in [0.717, 1.165) is 28.3 Å². The molecule has 0 atom stereocenters. The molecule has 1 fully saturated rings. The molecule has 0 amide bonds. The Bertz CT molecular complexity index is 996. The van der Waals surface area contributed by atoms with E-state index in [1.165, 1.54) is 18.2 Å². The molecule has 3 rings (SSSR count). The number of carboxylic acid groups (broad SMARTS) is 1. The van der Waals surface area contributed by atoms with Crippen LogP contribution in [0.5, 0.6) is 5.75 Å². The van der Waals surface area contributed by atoms with E-state index in [2.05, 4.69) is 0 Å². The third kappa shape index (κ3) is 5.16. The molecule has 0 aliphatic carbocycles. The number of halogens is 1. The van der Waals surface area contributed by atoms with Gasteiger partial charge in [0, 0.05) is 6.08 Å². The summed E-state index contributed by atoms with van der Waals surface area (Å²) in [5, 5.41) is 18.5. The Labute approximate surface area is 176 Å². The van der Waals surface area contributed by atoms with Gasteiger partial charge >= 0.3 is 5.97 Å². The number of benzene rings is 2. The Morgan fingerprint density at radius 1 is 1.00 bits per heavy atom. The molecule has 1 aliphatic heterocycles. The third-order valence-corrected chi connectivity index (χ3v) is 5.04. The van der Waals surface area contributed by atoms with Crippen LogP contribution in [0.2, 0.25) is 0 Å². The molecule has 30 heavy (non-hydrogen) atoms. The van der Waals surface area contributed by atoms with Crippen molar-refractivity contribution in [1.29, 1.82) is 0 Å². The highest BCUT2D eigenvalue weighted by Gasteiger charge is 2.37. The fourth-order valence-corrected chi connectivity index (χ4v) is 4.25. The molecule has 0 radical (unpaired) electrons. The number of ether oxygens (including phenoxy) is 1. The van der Waals surface area contributed by atoms with Crippen LogP contribution in [0.15, 0.2) is 54.1 Å². The van der Waals surface area contributed by atoms with Gasteiger partial charge in [-0.1, -0.05) is 35.9 Å². The van der Waals surface area contributed by atoms with Gasteiger partial charge in [0.1, 0.15) is 0 Å². The smallest absolute Gasteiger partial charge is 0.328 e. The molecule has 158 valence electrons. The van der Waals surface area contributed by atoms with Crippen molar-refractivity contribution in [2.24, 2.45) is 0 Å². The first kappa shape index (κ1) is 21.8. The molecule has 1 heterocycles. The first-order valence-corrected chi connectivity index (χ1v) is 9.88. The fraction of sp³-hybridized carbons (Fsp3) is 0.320. The minimum Gasteiger partial charge on any atom is -0.505 e. The minimum absolute atomic E-state index is 0.373. The van der Waals surface area contributed by atoms with E-state index >= 15 is 0 Å². The van der Waals surface area contributed by atoms with Gasteiger partial charge < -0.3 is 14.9 Å². The summed E-state index contributed by atoms with van der Waals surface area (Å²) in [6, 6.07) is 11.9. The Morgan fingerprint density at radius 3 is 2.10 bits per heavy atom. The number of aliphatic carboxylic acids is 1. The number of rotatable bonds is 4. The molecular weight excluding hydrogens is 383 g/mol. The average Bonchev–Trinajstić information content (AvgIpc) is 2.61. The van der Waals surface area contributed by atoms with Gasteiger partial charge in [0.05, 0.1) is 11.2 Å². The predicted octanol–water partition coefficient (Wildman–Crippen LogP) is 5.80. The van der Waals surface area contributed by atoms with Gasteiger partial charge in [0.2, 0.25) is 0 Å². The molecule has 0 spiro atoms. The van der Waals surface area contributed by atoms with E-state index in [-0.39, 0.29) is 17.0 Å². The van der Waals surface area contributed by atoms with E-state index < -0.39 is 11.8 Å². The van der Waals surface area contributed by atoms with Crippen LogP contribution >= 0.6 is 0 Å². The van der Waals surface area contributed by atoms with Crippen LogP contribution in [0.25, 0.3) is 11.6 Å². The summed E-state index contributed by atoms with van der Waals surface area (Å²) in [4.78, 5) is 10.8. The molecule has 1 saturated heterocycles. The van der Waals surface area contributed by atoms with Gasteiger partial charge in [-0.25, -0.2) is 9.18 Å². The highest BCUT2D eigenvalue weighted by atomic mass is 19.1. The van der Waals surface area contributed by atoms with Crippen LogP contribution in [0.1, 0.15) is 57.2 Å². The highest BCUT2D eigenvalue weighted by molar-refractivity contribution is 5.86. The Balaban J connectivity index is 2.15. The van der Waals surface area contributed by atoms with Crippen molar-refractivity contribution in [3.05, 3.63) is 76.6 Å². The van der Waals surface area contributed by atoms with Gasteiger partial charge in [-0.05, 0) is 81.0 Å². The van der Waals surface area contributed by atoms with Crippen molar-refractivity contribution < 1.29 is 24.1 Å².